The number of aryl methyl sites for hydroxylation is 2. The minimum absolute atomic E-state index is 0.171. The van der Waals surface area contributed by atoms with Gasteiger partial charge in [0.05, 0.1) is 11.3 Å². The average molecular weight is 401 g/mol. The first kappa shape index (κ1) is 19.5. The quantitative estimate of drug-likeness (QED) is 0.590. The number of carbonyl (C=O) groups excluding carboxylic acids is 2. The summed E-state index contributed by atoms with van der Waals surface area (Å²) in [5, 5.41) is 5.61. The van der Waals surface area contributed by atoms with Crippen LogP contribution < -0.4 is 20.3 Å². The van der Waals surface area contributed by atoms with Crippen LogP contribution in [0.2, 0.25) is 0 Å². The zero-order chi connectivity index (χ0) is 21.3. The van der Waals surface area contributed by atoms with Gasteiger partial charge in [-0.15, -0.1) is 0 Å². The Bertz CT molecular complexity index is 1140. The predicted molar refractivity (Wildman–Crippen MR) is 119 cm³/mol. The lowest BCUT2D eigenvalue weighted by molar-refractivity contribution is 0.0988. The highest BCUT2D eigenvalue weighted by molar-refractivity contribution is 6.10. The Hall–Kier alpha value is -3.80. The van der Waals surface area contributed by atoms with Crippen LogP contribution in [0.3, 0.4) is 0 Å². The zero-order valence-electron chi connectivity index (χ0n) is 17.2. The second kappa shape index (κ2) is 7.91. The average Bonchev–Trinajstić information content (AvgIpc) is 2.84. The third kappa shape index (κ3) is 3.72. The fourth-order valence-corrected chi connectivity index (χ4v) is 3.43. The molecule has 1 heterocycles. The van der Waals surface area contributed by atoms with Crippen LogP contribution in [-0.2, 0) is 0 Å². The van der Waals surface area contributed by atoms with Gasteiger partial charge in [-0.05, 0) is 74.4 Å². The molecule has 0 aromatic heterocycles. The van der Waals surface area contributed by atoms with E-state index in [0.29, 0.717) is 35.0 Å². The molecule has 0 radical (unpaired) electrons. The first-order chi connectivity index (χ1) is 14.5. The van der Waals surface area contributed by atoms with Gasteiger partial charge in [0.1, 0.15) is 5.75 Å². The van der Waals surface area contributed by atoms with E-state index in [1.54, 1.807) is 23.1 Å². The molecule has 30 heavy (non-hydrogen) atoms. The van der Waals surface area contributed by atoms with E-state index in [2.05, 4.69) is 10.6 Å². The molecule has 2 N–H and O–H groups in total. The number of carbonyl (C=O) groups is 2. The van der Waals surface area contributed by atoms with E-state index >= 15 is 0 Å². The van der Waals surface area contributed by atoms with Gasteiger partial charge in [0.25, 0.3) is 5.91 Å². The number of nitrogens with zero attached hydrogens (tertiary/aromatic N) is 1. The molecule has 3 aromatic carbocycles. The van der Waals surface area contributed by atoms with E-state index in [0.717, 1.165) is 16.8 Å². The van der Waals surface area contributed by atoms with Gasteiger partial charge >= 0.3 is 6.03 Å². The predicted octanol–water partition coefficient (Wildman–Crippen LogP) is 5.72. The van der Waals surface area contributed by atoms with Crippen molar-refractivity contribution < 1.29 is 14.3 Å². The fourth-order valence-electron chi connectivity index (χ4n) is 3.43. The minimum Gasteiger partial charge on any atom is -0.454 e. The van der Waals surface area contributed by atoms with Crippen molar-refractivity contribution in [3.8, 4) is 11.5 Å². The van der Waals surface area contributed by atoms with Crippen LogP contribution in [-0.4, -0.2) is 18.5 Å². The monoisotopic (exact) mass is 401 g/mol. The lowest BCUT2D eigenvalue weighted by Gasteiger charge is -2.19. The SMILES string of the molecule is CCN1C(=O)c2cc(NC(=O)Nc3ccc(C)c(C)c3)ccc2Oc2ccccc21. The molecule has 0 aliphatic carbocycles. The number of rotatable bonds is 3. The van der Waals surface area contributed by atoms with Gasteiger partial charge in [0, 0.05) is 17.9 Å². The molecular formula is C24H23N3O3. The number of nitrogens with one attached hydrogen (secondary N) is 2. The summed E-state index contributed by atoms with van der Waals surface area (Å²) in [6, 6.07) is 17.9. The van der Waals surface area contributed by atoms with Gasteiger partial charge in [-0.3, -0.25) is 4.79 Å². The fraction of sp³-hybridized carbons (Fsp3) is 0.167. The topological polar surface area (TPSA) is 70.7 Å². The number of ether oxygens (including phenoxy) is 1. The van der Waals surface area contributed by atoms with Crippen LogP contribution in [0.15, 0.2) is 60.7 Å². The molecule has 4 rings (SSSR count). The first-order valence-corrected chi connectivity index (χ1v) is 9.84. The molecule has 152 valence electrons. The molecule has 0 saturated heterocycles. The summed E-state index contributed by atoms with van der Waals surface area (Å²) in [5.41, 5.74) is 4.60. The molecule has 0 bridgehead atoms. The molecule has 1 aliphatic rings. The number of amides is 3. The van der Waals surface area contributed by atoms with E-state index in [9.17, 15) is 9.59 Å². The van der Waals surface area contributed by atoms with Gasteiger partial charge in [-0.25, -0.2) is 4.79 Å². The summed E-state index contributed by atoms with van der Waals surface area (Å²) in [6.45, 7) is 6.43. The Morgan fingerprint density at radius 3 is 2.33 bits per heavy atom. The van der Waals surface area contributed by atoms with Crippen LogP contribution in [0.5, 0.6) is 11.5 Å². The van der Waals surface area contributed by atoms with Gasteiger partial charge in [0.2, 0.25) is 0 Å². The molecule has 0 atom stereocenters. The maximum absolute atomic E-state index is 13.1. The van der Waals surface area contributed by atoms with Crippen molar-refractivity contribution in [2.75, 3.05) is 22.1 Å². The van der Waals surface area contributed by atoms with Gasteiger partial charge in [-0.2, -0.15) is 0 Å². The Labute approximate surface area is 175 Å². The van der Waals surface area contributed by atoms with E-state index in [-0.39, 0.29) is 11.9 Å². The molecule has 0 spiro atoms. The molecule has 6 heteroatoms. The van der Waals surface area contributed by atoms with Crippen molar-refractivity contribution in [1.29, 1.82) is 0 Å². The Morgan fingerprint density at radius 1 is 0.900 bits per heavy atom. The highest BCUT2D eigenvalue weighted by atomic mass is 16.5. The van der Waals surface area contributed by atoms with E-state index in [1.165, 1.54) is 0 Å². The number of hydrogen-bond acceptors (Lipinski definition) is 3. The van der Waals surface area contributed by atoms with E-state index < -0.39 is 0 Å². The molecule has 3 aromatic rings. The molecule has 0 fully saturated rings. The standard InChI is InChI=1S/C24H23N3O3/c1-4-27-20-7-5-6-8-22(20)30-21-12-11-18(14-19(21)23(27)28)26-24(29)25-17-10-9-15(2)16(3)13-17/h5-14H,4H2,1-3H3,(H2,25,26,29). The maximum Gasteiger partial charge on any atom is 0.323 e. The van der Waals surface area contributed by atoms with E-state index in [1.807, 2.05) is 63.2 Å². The van der Waals surface area contributed by atoms with Crippen molar-refractivity contribution >= 4 is 29.0 Å². The zero-order valence-corrected chi connectivity index (χ0v) is 17.2. The number of hydrogen-bond donors (Lipinski definition) is 2. The summed E-state index contributed by atoms with van der Waals surface area (Å²) in [5.74, 6) is 0.916. The smallest absolute Gasteiger partial charge is 0.323 e. The Balaban J connectivity index is 1.58. The van der Waals surface area contributed by atoms with Crippen molar-refractivity contribution in [1.82, 2.24) is 0 Å². The van der Waals surface area contributed by atoms with Crippen LogP contribution in [0.4, 0.5) is 21.9 Å². The Morgan fingerprint density at radius 2 is 1.60 bits per heavy atom. The van der Waals surface area contributed by atoms with Crippen molar-refractivity contribution in [2.24, 2.45) is 0 Å². The molecule has 0 saturated carbocycles. The van der Waals surface area contributed by atoms with Crippen molar-refractivity contribution in [3.63, 3.8) is 0 Å². The highest BCUT2D eigenvalue weighted by Gasteiger charge is 2.27. The summed E-state index contributed by atoms with van der Waals surface area (Å²) in [4.78, 5) is 27.3. The first-order valence-electron chi connectivity index (χ1n) is 9.84. The molecule has 6 nitrogen and oxygen atoms in total. The van der Waals surface area contributed by atoms with Crippen LogP contribution in [0, 0.1) is 13.8 Å². The lowest BCUT2D eigenvalue weighted by Crippen LogP contribution is -2.29. The minimum atomic E-state index is -0.379. The summed E-state index contributed by atoms with van der Waals surface area (Å²) in [6.07, 6.45) is 0. The van der Waals surface area contributed by atoms with Gasteiger partial charge in [-0.1, -0.05) is 18.2 Å². The third-order valence-electron chi connectivity index (χ3n) is 5.17. The van der Waals surface area contributed by atoms with Crippen LogP contribution in [0.25, 0.3) is 0 Å². The second-order valence-electron chi connectivity index (χ2n) is 7.21. The van der Waals surface area contributed by atoms with Crippen LogP contribution >= 0.6 is 0 Å². The maximum atomic E-state index is 13.1. The number of urea groups is 1. The summed E-state index contributed by atoms with van der Waals surface area (Å²) < 4.78 is 5.99. The van der Waals surface area contributed by atoms with Crippen molar-refractivity contribution in [2.45, 2.75) is 20.8 Å². The Kier molecular flexibility index (Phi) is 5.14. The molecule has 1 aliphatic heterocycles. The van der Waals surface area contributed by atoms with Crippen LogP contribution in [0.1, 0.15) is 28.4 Å². The van der Waals surface area contributed by atoms with Gasteiger partial charge in [0.15, 0.2) is 5.75 Å². The second-order valence-corrected chi connectivity index (χ2v) is 7.21. The molecule has 0 unspecified atom stereocenters. The number of benzene rings is 3. The lowest BCUT2D eigenvalue weighted by atomic mass is 10.1. The van der Waals surface area contributed by atoms with Crippen molar-refractivity contribution in [3.05, 3.63) is 77.4 Å². The number of para-hydroxylation sites is 2. The molecular weight excluding hydrogens is 378 g/mol. The number of fused-ring (bicyclic) bond motifs is 2. The van der Waals surface area contributed by atoms with Gasteiger partial charge < -0.3 is 20.3 Å². The summed E-state index contributed by atoms with van der Waals surface area (Å²) in [7, 11) is 0. The molecule has 3 amide bonds. The van der Waals surface area contributed by atoms with E-state index in [4.69, 9.17) is 4.74 Å². The largest absolute Gasteiger partial charge is 0.454 e. The summed E-state index contributed by atoms with van der Waals surface area (Å²) >= 11 is 0. The number of anilines is 3. The normalized spacial score (nSPS) is 12.4. The highest BCUT2D eigenvalue weighted by Crippen LogP contribution is 2.39. The third-order valence-corrected chi connectivity index (χ3v) is 5.17.